The van der Waals surface area contributed by atoms with Crippen LogP contribution in [0.2, 0.25) is 0 Å². The van der Waals surface area contributed by atoms with Gasteiger partial charge in [0.1, 0.15) is 0 Å². The van der Waals surface area contributed by atoms with Gasteiger partial charge in [0.05, 0.1) is 12.3 Å². The fourth-order valence-corrected chi connectivity index (χ4v) is 1.84. The van der Waals surface area contributed by atoms with E-state index in [1.807, 2.05) is 42.5 Å². The molecule has 17 heavy (non-hydrogen) atoms. The molecule has 3 nitrogen and oxygen atoms in total. The van der Waals surface area contributed by atoms with Gasteiger partial charge in [0.15, 0.2) is 0 Å². The van der Waals surface area contributed by atoms with Crippen LogP contribution < -0.4 is 0 Å². The molecule has 0 amide bonds. The molecule has 0 saturated heterocycles. The Labute approximate surface area is 98.3 Å². The summed E-state index contributed by atoms with van der Waals surface area (Å²) in [6.07, 6.45) is 1.99. The fraction of sp³-hybridized carbons (Fsp3) is 0.0714. The van der Waals surface area contributed by atoms with Crippen molar-refractivity contribution in [3.05, 3.63) is 60.4 Å². The van der Waals surface area contributed by atoms with Crippen molar-refractivity contribution in [3.63, 3.8) is 0 Å². The zero-order chi connectivity index (χ0) is 11.7. The van der Waals surface area contributed by atoms with E-state index in [0.29, 0.717) is 0 Å². The molecule has 0 spiro atoms. The lowest BCUT2D eigenvalue weighted by atomic mass is 10.1. The molecule has 1 atom stereocenters. The summed E-state index contributed by atoms with van der Waals surface area (Å²) in [5.74, 6) is -0.380. The number of carbonyl (C=O) groups is 1. The quantitative estimate of drug-likeness (QED) is 0.701. The molecule has 0 bridgehead atoms. The third-order valence-corrected chi connectivity index (χ3v) is 2.68. The van der Waals surface area contributed by atoms with Crippen LogP contribution in [0.5, 0.6) is 0 Å². The maximum atomic E-state index is 11.1. The molecule has 3 heteroatoms. The van der Waals surface area contributed by atoms with Gasteiger partial charge in [0, 0.05) is 5.56 Å². The highest BCUT2D eigenvalue weighted by molar-refractivity contribution is 5.84. The van der Waals surface area contributed by atoms with Gasteiger partial charge in [-0.1, -0.05) is 36.4 Å². The second-order valence-corrected chi connectivity index (χ2v) is 3.81. The van der Waals surface area contributed by atoms with Gasteiger partial charge in [-0.25, -0.2) is 4.79 Å². The Bertz CT molecular complexity index is 601. The standard InChI is InChI=1S/C14H10O3/c15-13-7-8-16-14(17-13)12-6-5-10-3-1-2-4-11(10)9-12/h1-9,14H. The molecular weight excluding hydrogens is 216 g/mol. The van der Waals surface area contributed by atoms with E-state index in [4.69, 9.17) is 9.47 Å². The Hall–Kier alpha value is -2.29. The lowest BCUT2D eigenvalue weighted by Gasteiger charge is -2.19. The van der Waals surface area contributed by atoms with Crippen molar-refractivity contribution < 1.29 is 14.3 Å². The van der Waals surface area contributed by atoms with E-state index in [2.05, 4.69) is 0 Å². The van der Waals surface area contributed by atoms with Crippen LogP contribution in [0.1, 0.15) is 11.9 Å². The summed E-state index contributed by atoms with van der Waals surface area (Å²) in [6, 6.07) is 13.9. The fourth-order valence-electron chi connectivity index (χ4n) is 1.84. The van der Waals surface area contributed by atoms with E-state index < -0.39 is 6.29 Å². The Morgan fingerprint density at radius 1 is 1.00 bits per heavy atom. The van der Waals surface area contributed by atoms with Gasteiger partial charge in [-0.05, 0) is 16.8 Å². The first-order valence-corrected chi connectivity index (χ1v) is 5.34. The molecule has 3 rings (SSSR count). The van der Waals surface area contributed by atoms with Gasteiger partial charge >= 0.3 is 5.97 Å². The van der Waals surface area contributed by atoms with Gasteiger partial charge < -0.3 is 9.47 Å². The van der Waals surface area contributed by atoms with Gasteiger partial charge in [0.25, 0.3) is 6.29 Å². The molecule has 0 aliphatic carbocycles. The van der Waals surface area contributed by atoms with Crippen molar-refractivity contribution in [2.24, 2.45) is 0 Å². The first kappa shape index (κ1) is 9.90. The zero-order valence-corrected chi connectivity index (χ0v) is 9.00. The van der Waals surface area contributed by atoms with Crippen LogP contribution in [0.15, 0.2) is 54.8 Å². The van der Waals surface area contributed by atoms with Crippen LogP contribution in [0.3, 0.4) is 0 Å². The molecule has 1 heterocycles. The predicted molar refractivity (Wildman–Crippen MR) is 63.0 cm³/mol. The van der Waals surface area contributed by atoms with E-state index in [1.165, 1.54) is 12.3 Å². The smallest absolute Gasteiger partial charge is 0.337 e. The number of ether oxygens (including phenoxy) is 2. The molecule has 0 aromatic heterocycles. The van der Waals surface area contributed by atoms with E-state index in [9.17, 15) is 4.79 Å². The average Bonchev–Trinajstić information content (AvgIpc) is 2.38. The summed E-state index contributed by atoms with van der Waals surface area (Å²) in [6.45, 7) is 0. The number of fused-ring (bicyclic) bond motifs is 1. The summed E-state index contributed by atoms with van der Waals surface area (Å²) in [5, 5.41) is 2.24. The molecule has 1 aliphatic rings. The first-order chi connectivity index (χ1) is 8.33. The molecular formula is C14H10O3. The van der Waals surface area contributed by atoms with Gasteiger partial charge in [0.2, 0.25) is 0 Å². The Morgan fingerprint density at radius 3 is 2.65 bits per heavy atom. The Kier molecular flexibility index (Phi) is 2.29. The summed E-state index contributed by atoms with van der Waals surface area (Å²) < 4.78 is 10.3. The van der Waals surface area contributed by atoms with Crippen molar-refractivity contribution in [2.75, 3.05) is 0 Å². The maximum absolute atomic E-state index is 11.1. The van der Waals surface area contributed by atoms with Crippen molar-refractivity contribution in [1.82, 2.24) is 0 Å². The number of hydrogen-bond donors (Lipinski definition) is 0. The van der Waals surface area contributed by atoms with Gasteiger partial charge in [-0.3, -0.25) is 0 Å². The van der Waals surface area contributed by atoms with Crippen LogP contribution in [-0.2, 0) is 14.3 Å². The van der Waals surface area contributed by atoms with Crippen LogP contribution in [0.4, 0.5) is 0 Å². The SMILES string of the molecule is O=C1C=COC(c2ccc3ccccc3c2)O1. The molecule has 0 radical (unpaired) electrons. The minimum atomic E-state index is -0.642. The van der Waals surface area contributed by atoms with Crippen LogP contribution in [-0.4, -0.2) is 5.97 Å². The van der Waals surface area contributed by atoms with E-state index in [-0.39, 0.29) is 5.97 Å². The molecule has 2 aromatic carbocycles. The van der Waals surface area contributed by atoms with E-state index >= 15 is 0 Å². The zero-order valence-electron chi connectivity index (χ0n) is 9.00. The maximum Gasteiger partial charge on any atom is 0.337 e. The monoisotopic (exact) mass is 226 g/mol. The van der Waals surface area contributed by atoms with Crippen molar-refractivity contribution in [3.8, 4) is 0 Å². The Morgan fingerprint density at radius 2 is 1.82 bits per heavy atom. The number of rotatable bonds is 1. The second kappa shape index (κ2) is 3.94. The number of hydrogen-bond acceptors (Lipinski definition) is 3. The van der Waals surface area contributed by atoms with Crippen LogP contribution in [0.25, 0.3) is 10.8 Å². The minimum Gasteiger partial charge on any atom is -0.458 e. The van der Waals surface area contributed by atoms with Crippen molar-refractivity contribution in [2.45, 2.75) is 6.29 Å². The van der Waals surface area contributed by atoms with E-state index in [1.54, 1.807) is 0 Å². The molecule has 1 unspecified atom stereocenters. The van der Waals surface area contributed by atoms with Gasteiger partial charge in [-0.2, -0.15) is 0 Å². The molecule has 1 aliphatic heterocycles. The Balaban J connectivity index is 2.00. The topological polar surface area (TPSA) is 35.5 Å². The van der Waals surface area contributed by atoms with Crippen LogP contribution >= 0.6 is 0 Å². The van der Waals surface area contributed by atoms with Crippen molar-refractivity contribution >= 4 is 16.7 Å². The lowest BCUT2D eigenvalue weighted by Crippen LogP contribution is -2.14. The molecule has 0 fully saturated rings. The average molecular weight is 226 g/mol. The normalized spacial score (nSPS) is 18.8. The number of carbonyl (C=O) groups excluding carboxylic acids is 1. The van der Waals surface area contributed by atoms with Crippen molar-refractivity contribution in [1.29, 1.82) is 0 Å². The third kappa shape index (κ3) is 1.87. The number of benzene rings is 2. The predicted octanol–water partition coefficient (Wildman–Crippen LogP) is 2.93. The number of esters is 1. The summed E-state index contributed by atoms with van der Waals surface area (Å²) in [4.78, 5) is 11.1. The highest BCUT2D eigenvalue weighted by Gasteiger charge is 2.19. The molecule has 84 valence electrons. The summed E-state index contributed by atoms with van der Waals surface area (Å²) >= 11 is 0. The van der Waals surface area contributed by atoms with Crippen LogP contribution in [0, 0.1) is 0 Å². The third-order valence-electron chi connectivity index (χ3n) is 2.68. The summed E-state index contributed by atoms with van der Waals surface area (Å²) in [7, 11) is 0. The molecule has 0 N–H and O–H groups in total. The minimum absolute atomic E-state index is 0.380. The summed E-state index contributed by atoms with van der Waals surface area (Å²) in [5.41, 5.74) is 0.835. The lowest BCUT2D eigenvalue weighted by molar-refractivity contribution is -0.169. The molecule has 0 saturated carbocycles. The van der Waals surface area contributed by atoms with E-state index in [0.717, 1.165) is 16.3 Å². The first-order valence-electron chi connectivity index (χ1n) is 5.34. The highest BCUT2D eigenvalue weighted by Crippen LogP contribution is 2.25. The largest absolute Gasteiger partial charge is 0.458 e. The van der Waals surface area contributed by atoms with Gasteiger partial charge in [-0.15, -0.1) is 0 Å². The highest BCUT2D eigenvalue weighted by atomic mass is 16.7. The number of cyclic esters (lactones) is 1. The second-order valence-electron chi connectivity index (χ2n) is 3.81. The molecule has 2 aromatic rings.